The summed E-state index contributed by atoms with van der Waals surface area (Å²) in [5.41, 5.74) is 4.14. The van der Waals surface area contributed by atoms with E-state index >= 15 is 0 Å². The zero-order valence-corrected chi connectivity index (χ0v) is 21.7. The lowest BCUT2D eigenvalue weighted by Gasteiger charge is -2.37. The van der Waals surface area contributed by atoms with Crippen LogP contribution >= 0.6 is 11.3 Å². The van der Waals surface area contributed by atoms with Crippen molar-refractivity contribution in [2.24, 2.45) is 0 Å². The third-order valence-electron chi connectivity index (χ3n) is 7.35. The highest BCUT2D eigenvalue weighted by atomic mass is 32.1. The second-order valence-corrected chi connectivity index (χ2v) is 10.6. The number of hydrogen-bond acceptors (Lipinski definition) is 6. The first-order chi connectivity index (χ1) is 17.9. The molecule has 192 valence electrons. The van der Waals surface area contributed by atoms with Crippen LogP contribution in [-0.4, -0.2) is 70.7 Å². The van der Waals surface area contributed by atoms with E-state index in [2.05, 4.69) is 41.5 Å². The van der Waals surface area contributed by atoms with E-state index < -0.39 is 4.92 Å². The van der Waals surface area contributed by atoms with Gasteiger partial charge in [0, 0.05) is 55.3 Å². The van der Waals surface area contributed by atoms with Crippen LogP contribution in [0.15, 0.2) is 60.0 Å². The molecule has 0 unspecified atom stereocenters. The van der Waals surface area contributed by atoms with Gasteiger partial charge in [0.1, 0.15) is 0 Å². The SMILES string of the molecule is Cc1ccccc1[C@H]1c2ccsc2CCN1CC(=O)N1CCCN(C(=O)c2ccc([N+](=O)[O-])cc2)CC1. The second kappa shape index (κ2) is 10.8. The predicted octanol–water partition coefficient (Wildman–Crippen LogP) is 4.29. The smallest absolute Gasteiger partial charge is 0.269 e. The summed E-state index contributed by atoms with van der Waals surface area (Å²) in [7, 11) is 0. The van der Waals surface area contributed by atoms with Gasteiger partial charge in [-0.25, -0.2) is 0 Å². The molecule has 9 heteroatoms. The maximum atomic E-state index is 13.5. The average Bonchev–Trinajstić information content (AvgIpc) is 3.24. The fourth-order valence-electron chi connectivity index (χ4n) is 5.35. The Morgan fingerprint density at radius 3 is 2.43 bits per heavy atom. The highest BCUT2D eigenvalue weighted by Crippen LogP contribution is 2.38. The summed E-state index contributed by atoms with van der Waals surface area (Å²) in [6, 6.07) is 16.4. The molecule has 1 aromatic heterocycles. The average molecular weight is 519 g/mol. The first-order valence-electron chi connectivity index (χ1n) is 12.6. The van der Waals surface area contributed by atoms with E-state index in [9.17, 15) is 19.7 Å². The molecule has 37 heavy (non-hydrogen) atoms. The Bertz CT molecular complexity index is 1310. The Balaban J connectivity index is 1.26. The Morgan fingerprint density at radius 2 is 1.68 bits per heavy atom. The minimum absolute atomic E-state index is 0.0412. The van der Waals surface area contributed by atoms with Gasteiger partial charge in [-0.15, -0.1) is 11.3 Å². The molecular weight excluding hydrogens is 488 g/mol. The Morgan fingerprint density at radius 1 is 0.946 bits per heavy atom. The van der Waals surface area contributed by atoms with Crippen molar-refractivity contribution in [3.63, 3.8) is 0 Å². The molecule has 2 aliphatic rings. The minimum atomic E-state index is -0.477. The molecule has 8 nitrogen and oxygen atoms in total. The van der Waals surface area contributed by atoms with Crippen molar-refractivity contribution in [1.82, 2.24) is 14.7 Å². The standard InChI is InChI=1S/C28H30N4O4S/c1-20-5-2-3-6-23(20)27-24-12-18-37-25(24)11-15-31(27)19-26(33)29-13-4-14-30(17-16-29)28(34)21-7-9-22(10-8-21)32(35)36/h2-3,5-10,12,18,27H,4,11,13-17,19H2,1H3/t27-/m0/s1. The molecule has 0 radical (unpaired) electrons. The monoisotopic (exact) mass is 518 g/mol. The van der Waals surface area contributed by atoms with Gasteiger partial charge in [0.2, 0.25) is 5.91 Å². The lowest BCUT2D eigenvalue weighted by molar-refractivity contribution is -0.384. The van der Waals surface area contributed by atoms with Gasteiger partial charge in [0.05, 0.1) is 17.5 Å². The van der Waals surface area contributed by atoms with Crippen LogP contribution in [-0.2, 0) is 11.2 Å². The number of amides is 2. The van der Waals surface area contributed by atoms with Gasteiger partial charge in [-0.05, 0) is 60.0 Å². The van der Waals surface area contributed by atoms with Gasteiger partial charge in [-0.1, -0.05) is 24.3 Å². The summed E-state index contributed by atoms with van der Waals surface area (Å²) >= 11 is 1.79. The minimum Gasteiger partial charge on any atom is -0.340 e. The molecule has 0 N–H and O–H groups in total. The molecule has 3 heterocycles. The Hall–Kier alpha value is -3.56. The molecule has 1 atom stereocenters. The van der Waals surface area contributed by atoms with Gasteiger partial charge in [-0.2, -0.15) is 0 Å². The molecule has 2 aromatic carbocycles. The third kappa shape index (κ3) is 5.28. The molecule has 0 bridgehead atoms. The lowest BCUT2D eigenvalue weighted by Crippen LogP contribution is -2.45. The molecule has 2 aliphatic heterocycles. The largest absolute Gasteiger partial charge is 0.340 e. The maximum Gasteiger partial charge on any atom is 0.269 e. The first-order valence-corrected chi connectivity index (χ1v) is 13.5. The third-order valence-corrected chi connectivity index (χ3v) is 8.34. The summed E-state index contributed by atoms with van der Waals surface area (Å²) in [5, 5.41) is 13.1. The van der Waals surface area contributed by atoms with Crippen LogP contribution in [0.5, 0.6) is 0 Å². The predicted molar refractivity (Wildman–Crippen MR) is 143 cm³/mol. The number of rotatable bonds is 5. The van der Waals surface area contributed by atoms with Crippen molar-refractivity contribution >= 4 is 28.8 Å². The molecule has 0 aliphatic carbocycles. The number of fused-ring (bicyclic) bond motifs is 1. The van der Waals surface area contributed by atoms with Crippen molar-refractivity contribution < 1.29 is 14.5 Å². The summed E-state index contributed by atoms with van der Waals surface area (Å²) < 4.78 is 0. The van der Waals surface area contributed by atoms with Crippen molar-refractivity contribution in [3.05, 3.63) is 97.2 Å². The zero-order valence-electron chi connectivity index (χ0n) is 20.8. The molecule has 1 fully saturated rings. The fourth-order valence-corrected chi connectivity index (χ4v) is 6.25. The highest BCUT2D eigenvalue weighted by Gasteiger charge is 2.33. The number of nitro groups is 1. The molecule has 0 spiro atoms. The number of carbonyl (C=O) groups excluding carboxylic acids is 2. The number of non-ortho nitro benzene ring substituents is 1. The van der Waals surface area contributed by atoms with Gasteiger partial charge < -0.3 is 9.80 Å². The highest BCUT2D eigenvalue weighted by molar-refractivity contribution is 7.10. The van der Waals surface area contributed by atoms with E-state index in [1.165, 1.54) is 45.8 Å². The van der Waals surface area contributed by atoms with Crippen LogP contribution in [0, 0.1) is 17.0 Å². The van der Waals surface area contributed by atoms with E-state index in [1.807, 2.05) is 11.0 Å². The molecule has 0 saturated carbocycles. The molecule has 2 amide bonds. The number of carbonyl (C=O) groups is 2. The summed E-state index contributed by atoms with van der Waals surface area (Å²) in [6.07, 6.45) is 1.64. The van der Waals surface area contributed by atoms with Crippen LogP contribution in [0.2, 0.25) is 0 Å². The van der Waals surface area contributed by atoms with Crippen molar-refractivity contribution in [2.75, 3.05) is 39.3 Å². The van der Waals surface area contributed by atoms with Crippen LogP contribution in [0.25, 0.3) is 0 Å². The van der Waals surface area contributed by atoms with Crippen LogP contribution in [0.3, 0.4) is 0 Å². The number of hydrogen-bond donors (Lipinski definition) is 0. The summed E-state index contributed by atoms with van der Waals surface area (Å²) in [5.74, 6) is -0.0771. The maximum absolute atomic E-state index is 13.5. The summed E-state index contributed by atoms with van der Waals surface area (Å²) in [6.45, 7) is 5.37. The molecule has 3 aromatic rings. The van der Waals surface area contributed by atoms with E-state index in [0.29, 0.717) is 44.7 Å². The zero-order chi connectivity index (χ0) is 25.9. The van der Waals surface area contributed by atoms with E-state index in [-0.39, 0.29) is 23.5 Å². The first kappa shape index (κ1) is 25.1. The lowest BCUT2D eigenvalue weighted by atomic mass is 9.90. The summed E-state index contributed by atoms with van der Waals surface area (Å²) in [4.78, 5) is 44.2. The van der Waals surface area contributed by atoms with E-state index in [1.54, 1.807) is 16.2 Å². The molecule has 1 saturated heterocycles. The van der Waals surface area contributed by atoms with E-state index in [0.717, 1.165) is 13.0 Å². The van der Waals surface area contributed by atoms with Gasteiger partial charge in [0.15, 0.2) is 0 Å². The molecule has 5 rings (SSSR count). The Kier molecular flexibility index (Phi) is 7.34. The van der Waals surface area contributed by atoms with Gasteiger partial charge >= 0.3 is 0 Å². The van der Waals surface area contributed by atoms with Crippen LogP contribution in [0.4, 0.5) is 5.69 Å². The van der Waals surface area contributed by atoms with Crippen molar-refractivity contribution in [1.29, 1.82) is 0 Å². The van der Waals surface area contributed by atoms with Gasteiger partial charge in [-0.3, -0.25) is 24.6 Å². The second-order valence-electron chi connectivity index (χ2n) is 9.61. The number of nitro benzene ring substituents is 1. The quantitative estimate of drug-likeness (QED) is 0.372. The van der Waals surface area contributed by atoms with Crippen molar-refractivity contribution in [3.8, 4) is 0 Å². The number of benzene rings is 2. The Labute approximate surface area is 220 Å². The van der Waals surface area contributed by atoms with E-state index in [4.69, 9.17) is 0 Å². The number of nitrogens with zero attached hydrogens (tertiary/aromatic N) is 4. The number of aryl methyl sites for hydroxylation is 1. The van der Waals surface area contributed by atoms with Crippen LogP contribution < -0.4 is 0 Å². The van der Waals surface area contributed by atoms with Crippen LogP contribution in [0.1, 0.15) is 44.4 Å². The normalized spacial score (nSPS) is 18.2. The fraction of sp³-hybridized carbons (Fsp3) is 0.357. The van der Waals surface area contributed by atoms with Gasteiger partial charge in [0.25, 0.3) is 11.6 Å². The topological polar surface area (TPSA) is 87.0 Å². The van der Waals surface area contributed by atoms with Crippen molar-refractivity contribution in [2.45, 2.75) is 25.8 Å². The molecular formula is C28H30N4O4S. The number of thiophene rings is 1.